The molecule has 1 aliphatic rings. The summed E-state index contributed by atoms with van der Waals surface area (Å²) in [5.74, 6) is -0.165. The molecule has 0 aliphatic carbocycles. The van der Waals surface area contributed by atoms with Crippen molar-refractivity contribution in [2.24, 2.45) is 0 Å². The van der Waals surface area contributed by atoms with Crippen LogP contribution in [0.2, 0.25) is 0 Å². The van der Waals surface area contributed by atoms with Gasteiger partial charge in [-0.1, -0.05) is 44.9 Å². The van der Waals surface area contributed by atoms with Crippen LogP contribution in [0.25, 0.3) is 10.9 Å². The summed E-state index contributed by atoms with van der Waals surface area (Å²) in [5.41, 5.74) is 3.25. The Bertz CT molecular complexity index is 710. The highest BCUT2D eigenvalue weighted by atomic mass is 35.5. The minimum Gasteiger partial charge on any atom is -0.356 e. The van der Waals surface area contributed by atoms with Gasteiger partial charge in [0.1, 0.15) is 11.9 Å². The van der Waals surface area contributed by atoms with Crippen molar-refractivity contribution >= 4 is 28.4 Å². The van der Waals surface area contributed by atoms with Crippen molar-refractivity contribution in [3.63, 3.8) is 0 Å². The zero-order chi connectivity index (χ0) is 19.1. The average Bonchev–Trinajstić information content (AvgIpc) is 3.07. The van der Waals surface area contributed by atoms with Crippen molar-refractivity contribution in [3.05, 3.63) is 35.5 Å². The van der Waals surface area contributed by atoms with Gasteiger partial charge in [0.2, 0.25) is 5.91 Å². The third-order valence-electron chi connectivity index (χ3n) is 4.74. The van der Waals surface area contributed by atoms with Crippen LogP contribution in [0.3, 0.4) is 0 Å². The van der Waals surface area contributed by atoms with E-state index < -0.39 is 6.29 Å². The normalized spacial score (nSPS) is 16.4. The molecule has 5 nitrogen and oxygen atoms in total. The minimum atomic E-state index is -0.542. The highest BCUT2D eigenvalue weighted by molar-refractivity contribution is 6.27. The molecular weight excluding hydrogens is 352 g/mol. The van der Waals surface area contributed by atoms with Crippen LogP contribution in [0.15, 0.2) is 24.3 Å². The number of carbonyl (C=O) groups is 1. The van der Waals surface area contributed by atoms with Gasteiger partial charge in [0.25, 0.3) is 0 Å². The van der Waals surface area contributed by atoms with Gasteiger partial charge in [0, 0.05) is 37.4 Å². The number of nitrogens with one attached hydrogen (secondary N) is 1. The molecule has 1 atom stereocenters. The van der Waals surface area contributed by atoms with Gasteiger partial charge in [-0.15, -0.1) is 11.6 Å². The van der Waals surface area contributed by atoms with Crippen LogP contribution in [0.1, 0.15) is 44.0 Å². The number of hydrogen-bond acceptors (Lipinski definition) is 3. The number of aromatic nitrogens is 1. The van der Waals surface area contributed by atoms with Crippen molar-refractivity contribution in [1.29, 1.82) is 0 Å². The number of alkyl halides is 1. The molecule has 3 rings (SSSR count). The van der Waals surface area contributed by atoms with E-state index in [0.29, 0.717) is 6.54 Å². The second-order valence-electron chi connectivity index (χ2n) is 6.32. The van der Waals surface area contributed by atoms with Gasteiger partial charge >= 0.3 is 0 Å². The van der Waals surface area contributed by atoms with E-state index in [2.05, 4.69) is 24.9 Å². The molecule has 0 saturated carbocycles. The standard InChI is InChI=1S/C16H19ClN2O3.C4H10/c1-21-16(22-2)15-14-11(7-8-19(15)13(20)9-17)10-5-3-4-6-12(10)18-14;1-3-4-2/h3-6,15-16,18H,7-9H2,1-2H3;3-4H2,1-2H3. The first kappa shape index (κ1) is 20.7. The van der Waals surface area contributed by atoms with Crippen LogP contribution in [-0.4, -0.2) is 48.7 Å². The van der Waals surface area contributed by atoms with E-state index in [-0.39, 0.29) is 17.8 Å². The summed E-state index contributed by atoms with van der Waals surface area (Å²) >= 11 is 5.76. The Balaban J connectivity index is 0.000000552. The summed E-state index contributed by atoms with van der Waals surface area (Å²) in [6.45, 7) is 4.97. The molecule has 26 heavy (non-hydrogen) atoms. The zero-order valence-corrected chi connectivity index (χ0v) is 16.8. The van der Waals surface area contributed by atoms with E-state index in [4.69, 9.17) is 21.1 Å². The maximum atomic E-state index is 12.2. The molecule has 1 aromatic heterocycles. The van der Waals surface area contributed by atoms with E-state index in [1.54, 1.807) is 19.1 Å². The number of halogens is 1. The number of fused-ring (bicyclic) bond motifs is 3. The van der Waals surface area contributed by atoms with E-state index in [1.165, 1.54) is 23.8 Å². The number of aromatic amines is 1. The molecule has 1 N–H and O–H groups in total. The summed E-state index contributed by atoms with van der Waals surface area (Å²) in [6, 6.07) is 7.82. The summed E-state index contributed by atoms with van der Waals surface area (Å²) in [7, 11) is 3.16. The lowest BCUT2D eigenvalue weighted by Gasteiger charge is -2.38. The molecule has 6 heteroatoms. The van der Waals surface area contributed by atoms with Crippen molar-refractivity contribution in [3.8, 4) is 0 Å². The molecule has 2 aromatic rings. The van der Waals surface area contributed by atoms with Gasteiger partial charge in [0.15, 0.2) is 6.29 Å². The number of methoxy groups -OCH3 is 2. The second kappa shape index (κ2) is 9.95. The van der Waals surface area contributed by atoms with Gasteiger partial charge in [-0.2, -0.15) is 0 Å². The fourth-order valence-electron chi connectivity index (χ4n) is 3.26. The Morgan fingerprint density at radius 3 is 2.50 bits per heavy atom. The van der Waals surface area contributed by atoms with Gasteiger partial charge in [-0.3, -0.25) is 4.79 Å². The van der Waals surface area contributed by atoms with E-state index in [9.17, 15) is 4.79 Å². The van der Waals surface area contributed by atoms with Crippen molar-refractivity contribution in [2.75, 3.05) is 26.6 Å². The number of carbonyl (C=O) groups excluding carboxylic acids is 1. The van der Waals surface area contributed by atoms with E-state index >= 15 is 0 Å². The number of amides is 1. The molecule has 144 valence electrons. The molecule has 0 saturated heterocycles. The Labute approximate surface area is 160 Å². The Hall–Kier alpha value is -1.56. The molecule has 1 amide bonds. The van der Waals surface area contributed by atoms with Gasteiger partial charge in [-0.25, -0.2) is 0 Å². The molecule has 2 heterocycles. The second-order valence-corrected chi connectivity index (χ2v) is 6.59. The molecule has 0 bridgehead atoms. The fourth-order valence-corrected chi connectivity index (χ4v) is 3.42. The maximum absolute atomic E-state index is 12.2. The first-order valence-corrected chi connectivity index (χ1v) is 9.66. The first-order chi connectivity index (χ1) is 12.6. The van der Waals surface area contributed by atoms with E-state index in [1.807, 2.05) is 18.2 Å². The van der Waals surface area contributed by atoms with E-state index in [0.717, 1.165) is 17.6 Å². The number of ether oxygens (including phenoxy) is 2. The molecule has 1 unspecified atom stereocenters. The van der Waals surface area contributed by atoms with Crippen molar-refractivity contribution in [2.45, 2.75) is 45.4 Å². The van der Waals surface area contributed by atoms with Crippen LogP contribution in [0.5, 0.6) is 0 Å². The number of rotatable bonds is 5. The quantitative estimate of drug-likeness (QED) is 0.623. The zero-order valence-electron chi connectivity index (χ0n) is 16.0. The van der Waals surface area contributed by atoms with Crippen LogP contribution in [0, 0.1) is 0 Å². The Morgan fingerprint density at radius 1 is 1.27 bits per heavy atom. The van der Waals surface area contributed by atoms with Gasteiger partial charge in [-0.05, 0) is 18.1 Å². The van der Waals surface area contributed by atoms with Crippen LogP contribution < -0.4 is 0 Å². The van der Waals surface area contributed by atoms with Crippen molar-refractivity contribution < 1.29 is 14.3 Å². The third-order valence-corrected chi connectivity index (χ3v) is 4.97. The molecule has 1 aromatic carbocycles. The first-order valence-electron chi connectivity index (χ1n) is 9.13. The van der Waals surface area contributed by atoms with Gasteiger partial charge < -0.3 is 19.4 Å². The number of benzene rings is 1. The summed E-state index contributed by atoms with van der Waals surface area (Å²) in [4.78, 5) is 17.4. The van der Waals surface area contributed by atoms with Crippen LogP contribution >= 0.6 is 11.6 Å². The molecule has 1 aliphatic heterocycles. The summed E-state index contributed by atoms with van der Waals surface area (Å²) in [6.07, 6.45) is 2.89. The fraction of sp³-hybridized carbons (Fsp3) is 0.550. The van der Waals surface area contributed by atoms with Crippen LogP contribution in [0.4, 0.5) is 0 Å². The maximum Gasteiger partial charge on any atom is 0.238 e. The number of H-pyrrole nitrogens is 1. The molecule has 0 radical (unpaired) electrons. The highest BCUT2D eigenvalue weighted by Gasteiger charge is 2.38. The number of hydrogen-bond donors (Lipinski definition) is 1. The Kier molecular flexibility index (Phi) is 7.94. The van der Waals surface area contributed by atoms with Crippen molar-refractivity contribution in [1.82, 2.24) is 9.88 Å². The average molecular weight is 381 g/mol. The summed E-state index contributed by atoms with van der Waals surface area (Å²) in [5, 5.41) is 1.19. The predicted molar refractivity (Wildman–Crippen MR) is 106 cm³/mol. The Morgan fingerprint density at radius 2 is 1.92 bits per heavy atom. The largest absolute Gasteiger partial charge is 0.356 e. The lowest BCUT2D eigenvalue weighted by Crippen LogP contribution is -2.46. The smallest absolute Gasteiger partial charge is 0.238 e. The highest BCUT2D eigenvalue weighted by Crippen LogP contribution is 2.37. The van der Waals surface area contributed by atoms with Crippen LogP contribution in [-0.2, 0) is 20.7 Å². The molecule has 0 fully saturated rings. The number of nitrogens with zero attached hydrogens (tertiary/aromatic N) is 1. The monoisotopic (exact) mass is 380 g/mol. The molecule has 0 spiro atoms. The minimum absolute atomic E-state index is 0.0494. The lowest BCUT2D eigenvalue weighted by molar-refractivity contribution is -0.164. The number of para-hydroxylation sites is 1. The van der Waals surface area contributed by atoms with Gasteiger partial charge in [0.05, 0.1) is 0 Å². The third kappa shape index (κ3) is 4.22. The topological polar surface area (TPSA) is 54.6 Å². The number of unbranched alkanes of at least 4 members (excludes halogenated alkanes) is 1. The lowest BCUT2D eigenvalue weighted by atomic mass is 9.96. The summed E-state index contributed by atoms with van der Waals surface area (Å²) < 4.78 is 10.9. The SMILES string of the molecule is CCCC.COC(OC)C1c2[nH]c3ccccc3c2CCN1C(=O)CCl. The molecular formula is C20H29ClN2O3. The predicted octanol–water partition coefficient (Wildman–Crippen LogP) is 4.26.